The quantitative estimate of drug-likeness (QED) is 0.425. The van der Waals surface area contributed by atoms with E-state index in [1.807, 2.05) is 41.1 Å². The van der Waals surface area contributed by atoms with Crippen LogP contribution in [0.2, 0.25) is 0 Å². The molecule has 1 amide bonds. The second-order valence-corrected chi connectivity index (χ2v) is 6.95. The molecule has 2 N–H and O–H groups in total. The second kappa shape index (κ2) is 9.17. The molecule has 2 aromatic heterocycles. The van der Waals surface area contributed by atoms with Gasteiger partial charge in [0.2, 0.25) is 0 Å². The highest BCUT2D eigenvalue weighted by molar-refractivity contribution is 5.86. The lowest BCUT2D eigenvalue weighted by atomic mass is 10.1. The van der Waals surface area contributed by atoms with Gasteiger partial charge in [0.05, 0.1) is 6.33 Å². The molecule has 2 aromatic carbocycles. The molecule has 8 heteroatoms. The fraction of sp³-hybridized carbons (Fsp3) is 0.174. The number of aromatic nitrogens is 2. The van der Waals surface area contributed by atoms with Crippen LogP contribution in [0.15, 0.2) is 76.5 Å². The molecule has 31 heavy (non-hydrogen) atoms. The van der Waals surface area contributed by atoms with Gasteiger partial charge in [-0.05, 0) is 6.42 Å². The molecule has 0 unspecified atom stereocenters. The number of benzene rings is 2. The summed E-state index contributed by atoms with van der Waals surface area (Å²) in [6.45, 7) is 1.03. The van der Waals surface area contributed by atoms with Crippen molar-refractivity contribution in [3.63, 3.8) is 0 Å². The second-order valence-electron chi connectivity index (χ2n) is 6.95. The van der Waals surface area contributed by atoms with Crippen molar-refractivity contribution in [2.45, 2.75) is 13.0 Å². The lowest BCUT2D eigenvalue weighted by Crippen LogP contribution is -2.30. The Morgan fingerprint density at radius 3 is 2.81 bits per heavy atom. The Morgan fingerprint density at radius 1 is 1.19 bits per heavy atom. The van der Waals surface area contributed by atoms with Gasteiger partial charge < -0.3 is 24.1 Å². The molecule has 0 atom stereocenters. The van der Waals surface area contributed by atoms with Gasteiger partial charge in [-0.15, -0.1) is 0 Å². The van der Waals surface area contributed by atoms with Gasteiger partial charge in [-0.25, -0.2) is 4.98 Å². The number of aryl methyl sites for hydroxylation is 1. The number of imidazole rings is 1. The van der Waals surface area contributed by atoms with Crippen molar-refractivity contribution in [3.8, 4) is 22.8 Å². The Bertz CT molecular complexity index is 1230. The van der Waals surface area contributed by atoms with Crippen molar-refractivity contribution >= 4 is 16.9 Å². The van der Waals surface area contributed by atoms with Crippen LogP contribution in [0.25, 0.3) is 22.3 Å². The van der Waals surface area contributed by atoms with Crippen LogP contribution < -0.4 is 15.5 Å². The summed E-state index contributed by atoms with van der Waals surface area (Å²) in [5, 5.41) is 13.1. The Hall–Kier alpha value is -4.07. The predicted octanol–water partition coefficient (Wildman–Crippen LogP) is 2.95. The summed E-state index contributed by atoms with van der Waals surface area (Å²) in [6.07, 6.45) is 6.04. The summed E-state index contributed by atoms with van der Waals surface area (Å²) < 4.78 is 13.2. The van der Waals surface area contributed by atoms with Gasteiger partial charge >= 0.3 is 0 Å². The lowest BCUT2D eigenvalue weighted by molar-refractivity contribution is -0.123. The van der Waals surface area contributed by atoms with Crippen molar-refractivity contribution in [1.29, 1.82) is 0 Å². The summed E-state index contributed by atoms with van der Waals surface area (Å²) in [6, 6.07) is 13.3. The van der Waals surface area contributed by atoms with Crippen molar-refractivity contribution in [1.82, 2.24) is 14.9 Å². The number of nitrogens with zero attached hydrogens (tertiary/aromatic N) is 2. The number of rotatable bonds is 8. The maximum Gasteiger partial charge on any atom is 0.257 e. The molecule has 158 valence electrons. The van der Waals surface area contributed by atoms with Crippen molar-refractivity contribution < 1.29 is 19.1 Å². The van der Waals surface area contributed by atoms with Crippen molar-refractivity contribution in [3.05, 3.63) is 77.5 Å². The zero-order valence-electron chi connectivity index (χ0n) is 16.7. The number of phenols is 1. The number of nitrogens with one attached hydrogen (secondary N) is 1. The average molecular weight is 419 g/mol. The van der Waals surface area contributed by atoms with E-state index in [0.717, 1.165) is 18.5 Å². The van der Waals surface area contributed by atoms with Crippen LogP contribution in [0.4, 0.5) is 0 Å². The van der Waals surface area contributed by atoms with Crippen LogP contribution in [-0.4, -0.2) is 33.7 Å². The number of amides is 1. The fourth-order valence-electron chi connectivity index (χ4n) is 3.18. The fourth-order valence-corrected chi connectivity index (χ4v) is 3.18. The summed E-state index contributed by atoms with van der Waals surface area (Å²) >= 11 is 0. The van der Waals surface area contributed by atoms with E-state index in [0.29, 0.717) is 12.3 Å². The van der Waals surface area contributed by atoms with Crippen molar-refractivity contribution in [2.24, 2.45) is 0 Å². The largest absolute Gasteiger partial charge is 0.507 e. The molecule has 4 rings (SSSR count). The summed E-state index contributed by atoms with van der Waals surface area (Å²) in [7, 11) is 0. The van der Waals surface area contributed by atoms with E-state index in [1.165, 1.54) is 18.2 Å². The average Bonchev–Trinajstić information content (AvgIpc) is 3.29. The summed E-state index contributed by atoms with van der Waals surface area (Å²) in [5.41, 5.74) is 0.560. The van der Waals surface area contributed by atoms with Crippen LogP contribution in [-0.2, 0) is 11.3 Å². The third kappa shape index (κ3) is 4.92. The molecule has 0 fully saturated rings. The SMILES string of the molecule is O=C(COc1cc(O)c2c(=O)cc(-c3ccccc3)oc2c1)NCCCn1ccnc1. The molecule has 0 spiro atoms. The smallest absolute Gasteiger partial charge is 0.257 e. The monoisotopic (exact) mass is 419 g/mol. The van der Waals surface area contributed by atoms with Crippen LogP contribution >= 0.6 is 0 Å². The zero-order chi connectivity index (χ0) is 21.6. The zero-order valence-corrected chi connectivity index (χ0v) is 16.7. The first kappa shape index (κ1) is 20.2. The van der Waals surface area contributed by atoms with Crippen LogP contribution in [0.3, 0.4) is 0 Å². The van der Waals surface area contributed by atoms with Gasteiger partial charge in [-0.2, -0.15) is 0 Å². The maximum atomic E-state index is 12.5. The van der Waals surface area contributed by atoms with E-state index in [4.69, 9.17) is 9.15 Å². The first-order valence-electron chi connectivity index (χ1n) is 9.82. The Kier molecular flexibility index (Phi) is 5.98. The molecule has 0 aliphatic rings. The molecular formula is C23H21N3O5. The predicted molar refractivity (Wildman–Crippen MR) is 115 cm³/mol. The minimum Gasteiger partial charge on any atom is -0.507 e. The first-order valence-corrected chi connectivity index (χ1v) is 9.82. The number of aromatic hydroxyl groups is 1. The molecule has 0 aliphatic heterocycles. The van der Waals surface area contributed by atoms with Gasteiger partial charge in [0.1, 0.15) is 28.2 Å². The number of hydrogen-bond donors (Lipinski definition) is 2. The number of hydrogen-bond acceptors (Lipinski definition) is 6. The Balaban J connectivity index is 1.41. The molecule has 8 nitrogen and oxygen atoms in total. The molecule has 4 aromatic rings. The van der Waals surface area contributed by atoms with E-state index in [-0.39, 0.29) is 40.4 Å². The third-order valence-electron chi connectivity index (χ3n) is 4.69. The van der Waals surface area contributed by atoms with Crippen LogP contribution in [0.1, 0.15) is 6.42 Å². The molecular weight excluding hydrogens is 398 g/mol. The van der Waals surface area contributed by atoms with E-state index in [1.54, 1.807) is 12.5 Å². The number of phenolic OH excluding ortho intramolecular Hbond substituents is 1. The summed E-state index contributed by atoms with van der Waals surface area (Å²) in [5.74, 6) is 0.0588. The van der Waals surface area contributed by atoms with Crippen LogP contribution in [0.5, 0.6) is 11.5 Å². The Morgan fingerprint density at radius 2 is 2.03 bits per heavy atom. The highest BCUT2D eigenvalue weighted by Gasteiger charge is 2.13. The van der Waals surface area contributed by atoms with Gasteiger partial charge in [-0.1, -0.05) is 30.3 Å². The highest BCUT2D eigenvalue weighted by atomic mass is 16.5. The Labute approximate surface area is 177 Å². The maximum absolute atomic E-state index is 12.5. The van der Waals surface area contributed by atoms with Gasteiger partial charge in [0.15, 0.2) is 12.0 Å². The number of carbonyl (C=O) groups is 1. The molecule has 0 saturated heterocycles. The minimum absolute atomic E-state index is 0.0657. The highest BCUT2D eigenvalue weighted by Crippen LogP contribution is 2.31. The minimum atomic E-state index is -0.361. The van der Waals surface area contributed by atoms with E-state index < -0.39 is 0 Å². The molecule has 2 heterocycles. The normalized spacial score (nSPS) is 10.8. The number of ether oxygens (including phenoxy) is 1. The number of carbonyl (C=O) groups excluding carboxylic acids is 1. The van der Waals surface area contributed by atoms with Gasteiger partial charge in [0.25, 0.3) is 5.91 Å². The third-order valence-corrected chi connectivity index (χ3v) is 4.69. The lowest BCUT2D eigenvalue weighted by Gasteiger charge is -2.10. The molecule has 0 bridgehead atoms. The van der Waals surface area contributed by atoms with E-state index in [9.17, 15) is 14.7 Å². The standard InChI is InChI=1S/C23H21N3O5/c27-18-11-17(30-14-22(29)25-7-4-9-26-10-8-24-15-26)12-21-23(18)19(28)13-20(31-21)16-5-2-1-3-6-16/h1-3,5-6,8,10-13,15,27H,4,7,9,14H2,(H,25,29). The molecule has 0 radical (unpaired) electrons. The first-order chi connectivity index (χ1) is 15.1. The van der Waals surface area contributed by atoms with E-state index >= 15 is 0 Å². The summed E-state index contributed by atoms with van der Waals surface area (Å²) in [4.78, 5) is 28.5. The van der Waals surface area contributed by atoms with Gasteiger partial charge in [-0.3, -0.25) is 9.59 Å². The van der Waals surface area contributed by atoms with Crippen LogP contribution in [0, 0.1) is 0 Å². The number of fused-ring (bicyclic) bond motifs is 1. The van der Waals surface area contributed by atoms with Crippen molar-refractivity contribution in [2.75, 3.05) is 13.2 Å². The van der Waals surface area contributed by atoms with Gasteiger partial charge in [0, 0.05) is 49.2 Å². The van der Waals surface area contributed by atoms with E-state index in [2.05, 4.69) is 10.3 Å². The molecule has 0 aliphatic carbocycles. The topological polar surface area (TPSA) is 107 Å². The molecule has 0 saturated carbocycles.